The van der Waals surface area contributed by atoms with E-state index in [1.54, 1.807) is 14.2 Å². The van der Waals surface area contributed by atoms with E-state index in [4.69, 9.17) is 9.47 Å². The van der Waals surface area contributed by atoms with Gasteiger partial charge >= 0.3 is 0 Å². The second-order valence-electron chi connectivity index (χ2n) is 3.88. The van der Waals surface area contributed by atoms with Crippen molar-refractivity contribution in [1.29, 1.82) is 0 Å². The maximum atomic E-state index is 5.37. The molecule has 0 atom stereocenters. The molecule has 1 N–H and O–H groups in total. The van der Waals surface area contributed by atoms with Crippen molar-refractivity contribution in [2.45, 2.75) is 13.3 Å². The molecule has 19 heavy (non-hydrogen) atoms. The predicted molar refractivity (Wildman–Crippen MR) is 77.2 cm³/mol. The Bertz CT molecular complexity index is 520. The number of nitrogens with one attached hydrogen (secondary N) is 1. The molecule has 1 aromatic carbocycles. The number of hydrogen-bond donors (Lipinski definition) is 1. The molecule has 0 aliphatic carbocycles. The highest BCUT2D eigenvalue weighted by Gasteiger charge is 2.16. The molecule has 0 spiro atoms. The standard InChI is InChI=1S/C13H17N3O2S/c1-4-8-14-13-16-15-12(19-13)11-9(17-2)6-5-7-10(11)18-3/h5-7H,4,8H2,1-3H3,(H,14,16). The van der Waals surface area contributed by atoms with Gasteiger partial charge in [0.05, 0.1) is 19.8 Å². The number of hydrogen-bond acceptors (Lipinski definition) is 6. The Hall–Kier alpha value is -1.82. The number of nitrogens with zero attached hydrogens (tertiary/aromatic N) is 2. The first-order valence-corrected chi connectivity index (χ1v) is 6.90. The molecule has 6 heteroatoms. The van der Waals surface area contributed by atoms with Gasteiger partial charge in [-0.15, -0.1) is 10.2 Å². The average Bonchev–Trinajstić information content (AvgIpc) is 2.92. The molecule has 1 aromatic heterocycles. The van der Waals surface area contributed by atoms with Gasteiger partial charge in [0, 0.05) is 6.54 Å². The summed E-state index contributed by atoms with van der Waals surface area (Å²) in [6, 6.07) is 5.66. The second-order valence-corrected chi connectivity index (χ2v) is 4.85. The summed E-state index contributed by atoms with van der Waals surface area (Å²) < 4.78 is 10.7. The van der Waals surface area contributed by atoms with Gasteiger partial charge in [0.15, 0.2) is 5.01 Å². The fourth-order valence-electron chi connectivity index (χ4n) is 1.69. The Balaban J connectivity index is 2.37. The molecular weight excluding hydrogens is 262 g/mol. The highest BCUT2D eigenvalue weighted by atomic mass is 32.1. The van der Waals surface area contributed by atoms with Crippen LogP contribution in [-0.4, -0.2) is 31.0 Å². The third-order valence-corrected chi connectivity index (χ3v) is 3.49. The fraction of sp³-hybridized carbons (Fsp3) is 0.385. The van der Waals surface area contributed by atoms with Crippen LogP contribution in [0, 0.1) is 0 Å². The van der Waals surface area contributed by atoms with E-state index in [0.717, 1.165) is 40.2 Å². The van der Waals surface area contributed by atoms with Crippen LogP contribution in [0.2, 0.25) is 0 Å². The van der Waals surface area contributed by atoms with Crippen molar-refractivity contribution in [2.75, 3.05) is 26.1 Å². The van der Waals surface area contributed by atoms with Gasteiger partial charge in [0.25, 0.3) is 0 Å². The first-order chi connectivity index (χ1) is 9.30. The average molecular weight is 279 g/mol. The maximum Gasteiger partial charge on any atom is 0.206 e. The molecule has 0 saturated heterocycles. The van der Waals surface area contributed by atoms with Crippen molar-refractivity contribution in [3.8, 4) is 22.1 Å². The van der Waals surface area contributed by atoms with E-state index in [0.29, 0.717) is 0 Å². The van der Waals surface area contributed by atoms with Gasteiger partial charge in [-0.05, 0) is 18.6 Å². The topological polar surface area (TPSA) is 56.3 Å². The molecule has 0 radical (unpaired) electrons. The smallest absolute Gasteiger partial charge is 0.206 e. The fourth-order valence-corrected chi connectivity index (χ4v) is 2.51. The minimum atomic E-state index is 0.734. The Labute approximate surface area is 116 Å². The summed E-state index contributed by atoms with van der Waals surface area (Å²) in [6.45, 7) is 3.00. The molecule has 0 saturated carbocycles. The molecule has 1 heterocycles. The number of methoxy groups -OCH3 is 2. The van der Waals surface area contributed by atoms with Crippen molar-refractivity contribution >= 4 is 16.5 Å². The number of rotatable bonds is 6. The van der Waals surface area contributed by atoms with Crippen LogP contribution >= 0.6 is 11.3 Å². The summed E-state index contributed by atoms with van der Waals surface area (Å²) in [4.78, 5) is 0. The first kappa shape index (κ1) is 13.6. The molecule has 2 rings (SSSR count). The van der Waals surface area contributed by atoms with E-state index in [1.807, 2.05) is 18.2 Å². The Kier molecular flexibility index (Phi) is 4.57. The quantitative estimate of drug-likeness (QED) is 0.880. The van der Waals surface area contributed by atoms with Crippen molar-refractivity contribution < 1.29 is 9.47 Å². The van der Waals surface area contributed by atoms with E-state index >= 15 is 0 Å². The van der Waals surface area contributed by atoms with Gasteiger partial charge in [-0.3, -0.25) is 0 Å². The van der Waals surface area contributed by atoms with Crippen molar-refractivity contribution in [3.63, 3.8) is 0 Å². The summed E-state index contributed by atoms with van der Waals surface area (Å²) in [5.41, 5.74) is 0.842. The summed E-state index contributed by atoms with van der Waals surface area (Å²) >= 11 is 1.49. The van der Waals surface area contributed by atoms with E-state index in [-0.39, 0.29) is 0 Å². The maximum absolute atomic E-state index is 5.37. The molecule has 5 nitrogen and oxygen atoms in total. The lowest BCUT2D eigenvalue weighted by atomic mass is 10.2. The molecule has 0 amide bonds. The second kappa shape index (κ2) is 6.38. The molecule has 0 aliphatic heterocycles. The Morgan fingerprint density at radius 3 is 2.42 bits per heavy atom. The predicted octanol–water partition coefficient (Wildman–Crippen LogP) is 3.04. The summed E-state index contributed by atoms with van der Waals surface area (Å²) in [5.74, 6) is 1.47. The third kappa shape index (κ3) is 2.96. The monoisotopic (exact) mass is 279 g/mol. The lowest BCUT2D eigenvalue weighted by Crippen LogP contribution is -1.98. The number of ether oxygens (including phenoxy) is 2. The van der Waals surface area contributed by atoms with E-state index in [1.165, 1.54) is 11.3 Å². The minimum absolute atomic E-state index is 0.734. The van der Waals surface area contributed by atoms with E-state index < -0.39 is 0 Å². The van der Waals surface area contributed by atoms with E-state index in [9.17, 15) is 0 Å². The van der Waals surface area contributed by atoms with Crippen molar-refractivity contribution in [1.82, 2.24) is 10.2 Å². The van der Waals surface area contributed by atoms with Crippen LogP contribution in [0.3, 0.4) is 0 Å². The van der Waals surface area contributed by atoms with Crippen LogP contribution in [0.4, 0.5) is 5.13 Å². The van der Waals surface area contributed by atoms with Gasteiger partial charge in [0.1, 0.15) is 11.5 Å². The van der Waals surface area contributed by atoms with Crippen LogP contribution in [0.5, 0.6) is 11.5 Å². The molecule has 0 aliphatic rings. The van der Waals surface area contributed by atoms with Gasteiger partial charge in [-0.1, -0.05) is 24.3 Å². The number of anilines is 1. The van der Waals surface area contributed by atoms with E-state index in [2.05, 4.69) is 22.4 Å². The normalized spacial score (nSPS) is 10.3. The largest absolute Gasteiger partial charge is 0.496 e. The van der Waals surface area contributed by atoms with Crippen LogP contribution in [-0.2, 0) is 0 Å². The summed E-state index contributed by atoms with van der Waals surface area (Å²) in [5, 5.41) is 13.1. The Morgan fingerprint density at radius 1 is 1.16 bits per heavy atom. The molecule has 0 unspecified atom stereocenters. The zero-order valence-corrected chi connectivity index (χ0v) is 12.1. The highest BCUT2D eigenvalue weighted by Crippen LogP contribution is 2.40. The number of aromatic nitrogens is 2. The molecule has 0 bridgehead atoms. The molecular formula is C13H17N3O2S. The summed E-state index contributed by atoms with van der Waals surface area (Å²) in [6.07, 6.45) is 1.05. The first-order valence-electron chi connectivity index (χ1n) is 6.08. The van der Waals surface area contributed by atoms with Crippen LogP contribution < -0.4 is 14.8 Å². The zero-order chi connectivity index (χ0) is 13.7. The van der Waals surface area contributed by atoms with Crippen molar-refractivity contribution in [3.05, 3.63) is 18.2 Å². The molecule has 0 fully saturated rings. The number of benzene rings is 1. The molecule has 102 valence electrons. The van der Waals surface area contributed by atoms with Gasteiger partial charge in [0.2, 0.25) is 5.13 Å². The van der Waals surface area contributed by atoms with Crippen LogP contribution in [0.25, 0.3) is 10.6 Å². The van der Waals surface area contributed by atoms with Crippen molar-refractivity contribution in [2.24, 2.45) is 0 Å². The Morgan fingerprint density at radius 2 is 1.84 bits per heavy atom. The zero-order valence-electron chi connectivity index (χ0n) is 11.3. The van der Waals surface area contributed by atoms with Gasteiger partial charge in [-0.25, -0.2) is 0 Å². The lowest BCUT2D eigenvalue weighted by molar-refractivity contribution is 0.397. The minimum Gasteiger partial charge on any atom is -0.496 e. The van der Waals surface area contributed by atoms with Crippen LogP contribution in [0.15, 0.2) is 18.2 Å². The lowest BCUT2D eigenvalue weighted by Gasteiger charge is -2.09. The van der Waals surface area contributed by atoms with Gasteiger partial charge < -0.3 is 14.8 Å². The third-order valence-electron chi connectivity index (χ3n) is 2.59. The SMILES string of the molecule is CCCNc1nnc(-c2c(OC)cccc2OC)s1. The molecule has 2 aromatic rings. The van der Waals surface area contributed by atoms with Gasteiger partial charge in [-0.2, -0.15) is 0 Å². The summed E-state index contributed by atoms with van der Waals surface area (Å²) in [7, 11) is 3.27. The van der Waals surface area contributed by atoms with Crippen LogP contribution in [0.1, 0.15) is 13.3 Å². The highest BCUT2D eigenvalue weighted by molar-refractivity contribution is 7.18.